The SMILES string of the molecule is CC(C)c1nc(-c2cccc3c2nc(Cl)n3C(C)C)oc1C(C)C. The molecule has 0 aliphatic carbocycles. The van der Waals surface area contributed by atoms with E-state index < -0.39 is 0 Å². The molecular weight excluding hydrogens is 322 g/mol. The molecule has 0 saturated heterocycles. The van der Waals surface area contributed by atoms with Gasteiger partial charge >= 0.3 is 0 Å². The molecule has 0 saturated carbocycles. The number of rotatable bonds is 4. The highest BCUT2D eigenvalue weighted by Gasteiger charge is 2.22. The number of imidazole rings is 1. The third-order valence-electron chi connectivity index (χ3n) is 4.18. The topological polar surface area (TPSA) is 43.9 Å². The molecule has 0 spiro atoms. The summed E-state index contributed by atoms with van der Waals surface area (Å²) in [5.74, 6) is 2.18. The van der Waals surface area contributed by atoms with Crippen LogP contribution in [0.25, 0.3) is 22.5 Å². The molecule has 0 atom stereocenters. The van der Waals surface area contributed by atoms with Crippen LogP contribution in [-0.2, 0) is 0 Å². The maximum atomic E-state index is 6.36. The van der Waals surface area contributed by atoms with E-state index in [4.69, 9.17) is 21.0 Å². The molecule has 0 unspecified atom stereocenters. The van der Waals surface area contributed by atoms with E-state index >= 15 is 0 Å². The Hall–Kier alpha value is -1.81. The molecule has 0 aliphatic rings. The van der Waals surface area contributed by atoms with Gasteiger partial charge in [-0.3, -0.25) is 0 Å². The molecule has 0 N–H and O–H groups in total. The average molecular weight is 346 g/mol. The van der Waals surface area contributed by atoms with Crippen LogP contribution in [0.15, 0.2) is 22.6 Å². The first kappa shape index (κ1) is 17.0. The van der Waals surface area contributed by atoms with Gasteiger partial charge in [0.25, 0.3) is 0 Å². The summed E-state index contributed by atoms with van der Waals surface area (Å²) in [6.07, 6.45) is 0. The average Bonchev–Trinajstić information content (AvgIpc) is 3.06. The molecule has 1 aromatic carbocycles. The van der Waals surface area contributed by atoms with Crippen LogP contribution < -0.4 is 0 Å². The van der Waals surface area contributed by atoms with Gasteiger partial charge < -0.3 is 8.98 Å². The van der Waals surface area contributed by atoms with E-state index in [1.54, 1.807) is 0 Å². The van der Waals surface area contributed by atoms with Gasteiger partial charge in [0.05, 0.1) is 16.8 Å². The highest BCUT2D eigenvalue weighted by Crippen LogP contribution is 2.35. The van der Waals surface area contributed by atoms with Crippen molar-refractivity contribution in [2.75, 3.05) is 0 Å². The number of hydrogen-bond donors (Lipinski definition) is 0. The number of para-hydroxylation sites is 1. The minimum atomic E-state index is 0.236. The van der Waals surface area contributed by atoms with Gasteiger partial charge in [0.15, 0.2) is 0 Å². The highest BCUT2D eigenvalue weighted by atomic mass is 35.5. The molecule has 0 fully saturated rings. The van der Waals surface area contributed by atoms with E-state index in [1.807, 2.05) is 22.8 Å². The highest BCUT2D eigenvalue weighted by molar-refractivity contribution is 6.29. The van der Waals surface area contributed by atoms with E-state index in [9.17, 15) is 0 Å². The zero-order valence-electron chi connectivity index (χ0n) is 15.1. The van der Waals surface area contributed by atoms with Crippen molar-refractivity contribution in [1.82, 2.24) is 14.5 Å². The number of benzene rings is 1. The maximum Gasteiger partial charge on any atom is 0.228 e. The number of fused-ring (bicyclic) bond motifs is 1. The van der Waals surface area contributed by atoms with Gasteiger partial charge in [-0.05, 0) is 43.5 Å². The fourth-order valence-corrected chi connectivity index (χ4v) is 3.41. The third-order valence-corrected chi connectivity index (χ3v) is 4.44. The quantitative estimate of drug-likeness (QED) is 0.567. The van der Waals surface area contributed by atoms with E-state index in [2.05, 4.69) is 46.5 Å². The molecule has 0 amide bonds. The van der Waals surface area contributed by atoms with Crippen molar-refractivity contribution >= 4 is 22.6 Å². The second kappa shape index (κ2) is 6.25. The van der Waals surface area contributed by atoms with Gasteiger partial charge in [0.2, 0.25) is 11.2 Å². The summed E-state index contributed by atoms with van der Waals surface area (Å²) in [5.41, 5.74) is 3.75. The molecule has 3 rings (SSSR count). The lowest BCUT2D eigenvalue weighted by molar-refractivity contribution is 0.489. The Balaban J connectivity index is 2.24. The number of oxazole rings is 1. The Kier molecular flexibility index (Phi) is 4.43. The fraction of sp³-hybridized carbons (Fsp3) is 0.474. The molecule has 5 heteroatoms. The van der Waals surface area contributed by atoms with Crippen molar-refractivity contribution in [2.45, 2.75) is 59.4 Å². The molecule has 128 valence electrons. The molecule has 2 aromatic heterocycles. The van der Waals surface area contributed by atoms with Crippen molar-refractivity contribution in [3.8, 4) is 11.5 Å². The maximum absolute atomic E-state index is 6.36. The zero-order chi connectivity index (χ0) is 17.6. The molecule has 3 aromatic rings. The summed E-state index contributed by atoms with van der Waals surface area (Å²) in [6.45, 7) is 12.7. The number of halogens is 1. The molecule has 2 heterocycles. The van der Waals surface area contributed by atoms with Crippen molar-refractivity contribution in [3.63, 3.8) is 0 Å². The third kappa shape index (κ3) is 2.73. The standard InChI is InChI=1S/C19H24ClN3O/c1-10(2)15-17(11(3)4)24-18(21-15)13-8-7-9-14-16(13)22-19(20)23(14)12(5)6/h7-12H,1-6H3. The second-order valence-electron chi connectivity index (χ2n) is 7.10. The Morgan fingerprint density at radius 3 is 2.25 bits per heavy atom. The van der Waals surface area contributed by atoms with Crippen LogP contribution in [-0.4, -0.2) is 14.5 Å². The molecular formula is C19H24ClN3O. The summed E-state index contributed by atoms with van der Waals surface area (Å²) in [7, 11) is 0. The van der Waals surface area contributed by atoms with Crippen LogP contribution in [0.5, 0.6) is 0 Å². The minimum absolute atomic E-state index is 0.236. The predicted molar refractivity (Wildman–Crippen MR) is 98.8 cm³/mol. The van der Waals surface area contributed by atoms with Crippen molar-refractivity contribution < 1.29 is 4.42 Å². The summed E-state index contributed by atoms with van der Waals surface area (Å²) >= 11 is 6.36. The monoisotopic (exact) mass is 345 g/mol. The smallest absolute Gasteiger partial charge is 0.228 e. The van der Waals surface area contributed by atoms with Crippen molar-refractivity contribution in [3.05, 3.63) is 34.9 Å². The minimum Gasteiger partial charge on any atom is -0.441 e. The van der Waals surface area contributed by atoms with Crippen LogP contribution in [0.3, 0.4) is 0 Å². The molecule has 4 nitrogen and oxygen atoms in total. The van der Waals surface area contributed by atoms with Gasteiger partial charge in [-0.1, -0.05) is 33.8 Å². The predicted octanol–water partition coefficient (Wildman–Crippen LogP) is 6.17. The van der Waals surface area contributed by atoms with Crippen molar-refractivity contribution in [2.24, 2.45) is 0 Å². The van der Waals surface area contributed by atoms with E-state index in [0.29, 0.717) is 23.0 Å². The largest absolute Gasteiger partial charge is 0.441 e. The van der Waals surface area contributed by atoms with Crippen LogP contribution in [0, 0.1) is 0 Å². The zero-order valence-corrected chi connectivity index (χ0v) is 15.8. The summed E-state index contributed by atoms with van der Waals surface area (Å²) in [4.78, 5) is 9.34. The first-order chi connectivity index (χ1) is 11.3. The number of hydrogen-bond acceptors (Lipinski definition) is 3. The van der Waals surface area contributed by atoms with E-state index in [0.717, 1.165) is 28.1 Å². The van der Waals surface area contributed by atoms with Gasteiger partial charge in [-0.2, -0.15) is 0 Å². The van der Waals surface area contributed by atoms with Gasteiger partial charge in [0.1, 0.15) is 11.3 Å². The lowest BCUT2D eigenvalue weighted by Crippen LogP contribution is -2.00. The van der Waals surface area contributed by atoms with E-state index in [-0.39, 0.29) is 6.04 Å². The van der Waals surface area contributed by atoms with Gasteiger partial charge in [0, 0.05) is 12.0 Å². The van der Waals surface area contributed by atoms with Crippen LogP contribution in [0.2, 0.25) is 5.28 Å². The van der Waals surface area contributed by atoms with Gasteiger partial charge in [-0.25, -0.2) is 9.97 Å². The van der Waals surface area contributed by atoms with E-state index in [1.165, 1.54) is 0 Å². The Morgan fingerprint density at radius 1 is 1.00 bits per heavy atom. The second-order valence-corrected chi connectivity index (χ2v) is 7.43. The summed E-state index contributed by atoms with van der Waals surface area (Å²) in [6, 6.07) is 6.27. The van der Waals surface area contributed by atoms with Gasteiger partial charge in [-0.15, -0.1) is 0 Å². The molecule has 24 heavy (non-hydrogen) atoms. The first-order valence-electron chi connectivity index (χ1n) is 8.48. The normalized spacial score (nSPS) is 12.2. The van der Waals surface area contributed by atoms with Crippen LogP contribution >= 0.6 is 11.6 Å². The Labute approximate surface area is 147 Å². The molecule has 0 aliphatic heterocycles. The number of nitrogens with zero attached hydrogens (tertiary/aromatic N) is 3. The fourth-order valence-electron chi connectivity index (χ4n) is 3.04. The first-order valence-corrected chi connectivity index (χ1v) is 8.86. The lowest BCUT2D eigenvalue weighted by Gasteiger charge is -2.09. The molecule has 0 bridgehead atoms. The Morgan fingerprint density at radius 2 is 1.71 bits per heavy atom. The molecule has 0 radical (unpaired) electrons. The summed E-state index contributed by atoms with van der Waals surface area (Å²) < 4.78 is 8.16. The lowest BCUT2D eigenvalue weighted by atomic mass is 10.0. The van der Waals surface area contributed by atoms with Crippen molar-refractivity contribution in [1.29, 1.82) is 0 Å². The number of aromatic nitrogens is 3. The van der Waals surface area contributed by atoms with Crippen LogP contribution in [0.1, 0.15) is 70.9 Å². The Bertz CT molecular complexity index is 849. The van der Waals surface area contributed by atoms with Crippen LogP contribution in [0.4, 0.5) is 0 Å². The summed E-state index contributed by atoms with van der Waals surface area (Å²) in [5, 5.41) is 0.493.